The fourth-order valence-corrected chi connectivity index (χ4v) is 3.11. The highest BCUT2D eigenvalue weighted by atomic mass is 16.5. The molecule has 0 aliphatic heterocycles. The number of hydrogen-bond donors (Lipinski definition) is 0. The number of rotatable bonds is 7. The Labute approximate surface area is 112 Å². The number of carbonyl (C=O) groups is 1. The Kier molecular flexibility index (Phi) is 6.34. The highest BCUT2D eigenvalue weighted by Gasteiger charge is 2.41. The smallest absolute Gasteiger partial charge is 0.164 e. The van der Waals surface area contributed by atoms with E-state index < -0.39 is 5.60 Å². The summed E-state index contributed by atoms with van der Waals surface area (Å²) in [5.41, 5.74) is -0.441. The molecule has 0 aromatic heterocycles. The van der Waals surface area contributed by atoms with Crippen molar-refractivity contribution in [2.24, 2.45) is 11.8 Å². The van der Waals surface area contributed by atoms with Gasteiger partial charge in [-0.15, -0.1) is 0 Å². The molecule has 0 heterocycles. The largest absolute Gasteiger partial charge is 0.368 e. The summed E-state index contributed by atoms with van der Waals surface area (Å²) >= 11 is 0. The van der Waals surface area contributed by atoms with Crippen molar-refractivity contribution in [3.8, 4) is 0 Å². The van der Waals surface area contributed by atoms with Gasteiger partial charge in [0.05, 0.1) is 0 Å². The first kappa shape index (κ1) is 15.7. The zero-order valence-electron chi connectivity index (χ0n) is 12.6. The molecule has 18 heavy (non-hydrogen) atoms. The molecule has 1 aliphatic carbocycles. The highest BCUT2D eigenvalue weighted by Crippen LogP contribution is 2.37. The minimum Gasteiger partial charge on any atom is -0.368 e. The summed E-state index contributed by atoms with van der Waals surface area (Å²) in [5, 5.41) is 0. The number of ketones is 1. The van der Waals surface area contributed by atoms with Crippen LogP contribution in [0.25, 0.3) is 0 Å². The van der Waals surface area contributed by atoms with E-state index in [4.69, 9.17) is 4.74 Å². The van der Waals surface area contributed by atoms with E-state index in [1.54, 1.807) is 0 Å². The lowest BCUT2D eigenvalue weighted by atomic mass is 9.75. The van der Waals surface area contributed by atoms with Crippen molar-refractivity contribution >= 4 is 5.78 Å². The van der Waals surface area contributed by atoms with Crippen molar-refractivity contribution in [1.29, 1.82) is 0 Å². The van der Waals surface area contributed by atoms with Crippen LogP contribution in [-0.4, -0.2) is 18.0 Å². The fraction of sp³-hybridized carbons (Fsp3) is 0.938. The normalized spacial score (nSPS) is 30.1. The molecule has 1 unspecified atom stereocenters. The molecule has 106 valence electrons. The van der Waals surface area contributed by atoms with Crippen LogP contribution in [0.3, 0.4) is 0 Å². The molecule has 2 nitrogen and oxygen atoms in total. The van der Waals surface area contributed by atoms with Gasteiger partial charge in [-0.25, -0.2) is 0 Å². The fourth-order valence-electron chi connectivity index (χ4n) is 3.11. The summed E-state index contributed by atoms with van der Waals surface area (Å²) in [5.74, 6) is 1.61. The van der Waals surface area contributed by atoms with E-state index in [-0.39, 0.29) is 0 Å². The predicted molar refractivity (Wildman–Crippen MR) is 75.7 cm³/mol. The van der Waals surface area contributed by atoms with Crippen LogP contribution >= 0.6 is 0 Å². The average Bonchev–Trinajstić information content (AvgIpc) is 2.33. The molecular weight excluding hydrogens is 224 g/mol. The molecule has 0 aromatic carbocycles. The van der Waals surface area contributed by atoms with E-state index in [0.717, 1.165) is 44.4 Å². The van der Waals surface area contributed by atoms with Crippen molar-refractivity contribution in [2.45, 2.75) is 78.2 Å². The third kappa shape index (κ3) is 4.08. The second-order valence-electron chi connectivity index (χ2n) is 6.13. The number of ether oxygens (including phenoxy) is 1. The second kappa shape index (κ2) is 7.28. The highest BCUT2D eigenvalue weighted by molar-refractivity contribution is 5.87. The lowest BCUT2D eigenvalue weighted by molar-refractivity contribution is -0.151. The van der Waals surface area contributed by atoms with Crippen LogP contribution in [0.1, 0.15) is 72.6 Å². The predicted octanol–water partition coefficient (Wildman–Crippen LogP) is 4.37. The Morgan fingerprint density at radius 3 is 2.44 bits per heavy atom. The van der Waals surface area contributed by atoms with Crippen LogP contribution in [0.5, 0.6) is 0 Å². The van der Waals surface area contributed by atoms with Gasteiger partial charge in [-0.2, -0.15) is 0 Å². The zero-order valence-corrected chi connectivity index (χ0v) is 12.6. The maximum atomic E-state index is 12.6. The van der Waals surface area contributed by atoms with Gasteiger partial charge in [0.15, 0.2) is 5.78 Å². The maximum absolute atomic E-state index is 12.6. The number of hydrogen-bond acceptors (Lipinski definition) is 2. The lowest BCUT2D eigenvalue weighted by Gasteiger charge is -2.38. The molecular formula is C16H30O2. The molecule has 1 saturated carbocycles. The van der Waals surface area contributed by atoms with Crippen LogP contribution in [0, 0.1) is 11.8 Å². The van der Waals surface area contributed by atoms with Gasteiger partial charge in [0.2, 0.25) is 0 Å². The molecule has 0 saturated heterocycles. The third-order valence-electron chi connectivity index (χ3n) is 4.33. The summed E-state index contributed by atoms with van der Waals surface area (Å²) in [6.07, 6.45) is 7.13. The summed E-state index contributed by atoms with van der Waals surface area (Å²) in [4.78, 5) is 12.6. The first-order chi connectivity index (χ1) is 8.54. The third-order valence-corrected chi connectivity index (χ3v) is 4.33. The van der Waals surface area contributed by atoms with Gasteiger partial charge < -0.3 is 4.74 Å². The molecule has 0 amide bonds. The number of carbonyl (C=O) groups excluding carboxylic acids is 1. The standard InChI is InChI=1S/C16H30O2/c1-5-7-14(4)12-15(17)16(18-6-2)10-8-13(3)9-11-16/h13-14H,5-12H2,1-4H3. The molecule has 0 bridgehead atoms. The van der Waals surface area contributed by atoms with Gasteiger partial charge in [0, 0.05) is 13.0 Å². The topological polar surface area (TPSA) is 26.3 Å². The number of Topliss-reactive ketones (excluding diaryl/α,β-unsaturated/α-hetero) is 1. The molecule has 1 fully saturated rings. The van der Waals surface area contributed by atoms with Gasteiger partial charge in [-0.05, 0) is 44.4 Å². The van der Waals surface area contributed by atoms with Gasteiger partial charge in [0.1, 0.15) is 5.60 Å². The summed E-state index contributed by atoms with van der Waals surface area (Å²) in [7, 11) is 0. The molecule has 0 spiro atoms. The Balaban J connectivity index is 2.63. The van der Waals surface area contributed by atoms with Gasteiger partial charge in [-0.3, -0.25) is 4.79 Å². The zero-order chi connectivity index (χ0) is 13.6. The molecule has 2 heteroatoms. The Hall–Kier alpha value is -0.370. The Morgan fingerprint density at radius 2 is 1.94 bits per heavy atom. The maximum Gasteiger partial charge on any atom is 0.164 e. The molecule has 1 aliphatic rings. The van der Waals surface area contributed by atoms with Crippen molar-refractivity contribution in [1.82, 2.24) is 0 Å². The minimum absolute atomic E-state index is 0.359. The van der Waals surface area contributed by atoms with Gasteiger partial charge in [-0.1, -0.05) is 33.6 Å². The van der Waals surface area contributed by atoms with Crippen LogP contribution in [0.4, 0.5) is 0 Å². The summed E-state index contributed by atoms with van der Waals surface area (Å²) < 4.78 is 5.91. The van der Waals surface area contributed by atoms with Crippen LogP contribution in [0.15, 0.2) is 0 Å². The van der Waals surface area contributed by atoms with Crippen LogP contribution in [0.2, 0.25) is 0 Å². The average molecular weight is 254 g/mol. The SMILES string of the molecule is CCCC(C)CC(=O)C1(OCC)CCC(C)CC1. The summed E-state index contributed by atoms with van der Waals surface area (Å²) in [6.45, 7) is 9.30. The first-order valence-electron chi connectivity index (χ1n) is 7.71. The second-order valence-corrected chi connectivity index (χ2v) is 6.13. The van der Waals surface area contributed by atoms with Crippen molar-refractivity contribution < 1.29 is 9.53 Å². The van der Waals surface area contributed by atoms with Crippen LogP contribution in [-0.2, 0) is 9.53 Å². The van der Waals surface area contributed by atoms with E-state index in [1.807, 2.05) is 6.92 Å². The summed E-state index contributed by atoms with van der Waals surface area (Å²) in [6, 6.07) is 0. The minimum atomic E-state index is -0.441. The molecule has 1 rings (SSSR count). The Bertz CT molecular complexity index is 252. The Morgan fingerprint density at radius 1 is 1.33 bits per heavy atom. The van der Waals surface area contributed by atoms with Crippen molar-refractivity contribution in [2.75, 3.05) is 6.61 Å². The van der Waals surface area contributed by atoms with Gasteiger partial charge in [0.25, 0.3) is 0 Å². The molecule has 0 N–H and O–H groups in total. The molecule has 1 atom stereocenters. The van der Waals surface area contributed by atoms with Crippen molar-refractivity contribution in [3.63, 3.8) is 0 Å². The van der Waals surface area contributed by atoms with E-state index in [2.05, 4.69) is 20.8 Å². The van der Waals surface area contributed by atoms with E-state index in [9.17, 15) is 4.79 Å². The monoisotopic (exact) mass is 254 g/mol. The molecule has 0 aromatic rings. The van der Waals surface area contributed by atoms with Crippen LogP contribution < -0.4 is 0 Å². The quantitative estimate of drug-likeness (QED) is 0.674. The molecule has 0 radical (unpaired) electrons. The van der Waals surface area contributed by atoms with Crippen molar-refractivity contribution in [3.05, 3.63) is 0 Å². The first-order valence-corrected chi connectivity index (χ1v) is 7.71. The lowest BCUT2D eigenvalue weighted by Crippen LogP contribution is -2.45. The van der Waals surface area contributed by atoms with E-state index >= 15 is 0 Å². The van der Waals surface area contributed by atoms with E-state index in [1.165, 1.54) is 0 Å². The van der Waals surface area contributed by atoms with E-state index in [0.29, 0.717) is 24.7 Å². The van der Waals surface area contributed by atoms with Gasteiger partial charge >= 0.3 is 0 Å².